The molecule has 7 nitrogen and oxygen atoms in total. The van der Waals surface area contributed by atoms with Gasteiger partial charge in [-0.25, -0.2) is 8.42 Å². The monoisotopic (exact) mass is 310 g/mol. The number of pyridine rings is 1. The molecule has 0 aromatic carbocycles. The summed E-state index contributed by atoms with van der Waals surface area (Å²) in [7, 11) is -3.68. The number of nitrogens with one attached hydrogen (secondary N) is 1. The van der Waals surface area contributed by atoms with E-state index in [1.165, 1.54) is 16.6 Å². The van der Waals surface area contributed by atoms with E-state index < -0.39 is 10.0 Å². The SMILES string of the molecule is NCc1ncccc1S(=O)(=O)N1CCCC2C(=O)NCC21. The van der Waals surface area contributed by atoms with Crippen molar-refractivity contribution in [1.29, 1.82) is 0 Å². The van der Waals surface area contributed by atoms with Gasteiger partial charge in [0.2, 0.25) is 15.9 Å². The third kappa shape index (κ3) is 2.33. The Balaban J connectivity index is 2.00. The quantitative estimate of drug-likeness (QED) is 0.778. The number of carbonyl (C=O) groups excluding carboxylic acids is 1. The number of amides is 1. The van der Waals surface area contributed by atoms with Crippen molar-refractivity contribution in [3.8, 4) is 0 Å². The Labute approximate surface area is 123 Å². The summed E-state index contributed by atoms with van der Waals surface area (Å²) in [6, 6.07) is 2.81. The minimum absolute atomic E-state index is 0.0508. The molecule has 114 valence electrons. The van der Waals surface area contributed by atoms with Gasteiger partial charge in [0.05, 0.1) is 17.7 Å². The summed E-state index contributed by atoms with van der Waals surface area (Å²) < 4.78 is 27.3. The number of sulfonamides is 1. The predicted molar refractivity (Wildman–Crippen MR) is 75.5 cm³/mol. The van der Waals surface area contributed by atoms with E-state index in [9.17, 15) is 13.2 Å². The zero-order valence-electron chi connectivity index (χ0n) is 11.5. The molecular weight excluding hydrogens is 292 g/mol. The van der Waals surface area contributed by atoms with E-state index in [1.807, 2.05) is 0 Å². The van der Waals surface area contributed by atoms with Gasteiger partial charge in [0.25, 0.3) is 0 Å². The Bertz CT molecular complexity index is 661. The van der Waals surface area contributed by atoms with Crippen LogP contribution in [0.25, 0.3) is 0 Å². The van der Waals surface area contributed by atoms with Crippen molar-refractivity contribution in [1.82, 2.24) is 14.6 Å². The molecule has 0 aliphatic carbocycles. The van der Waals surface area contributed by atoms with Crippen molar-refractivity contribution >= 4 is 15.9 Å². The molecular formula is C13H18N4O3S. The molecule has 2 unspecified atom stereocenters. The molecule has 2 saturated heterocycles. The average Bonchev–Trinajstić information content (AvgIpc) is 2.88. The topological polar surface area (TPSA) is 105 Å². The summed E-state index contributed by atoms with van der Waals surface area (Å²) in [5.41, 5.74) is 5.95. The van der Waals surface area contributed by atoms with Gasteiger partial charge in [-0.05, 0) is 25.0 Å². The normalized spacial score (nSPS) is 26.4. The lowest BCUT2D eigenvalue weighted by Gasteiger charge is -2.35. The molecule has 2 aliphatic rings. The van der Waals surface area contributed by atoms with Gasteiger partial charge in [-0.2, -0.15) is 4.31 Å². The Morgan fingerprint density at radius 3 is 3.05 bits per heavy atom. The first-order valence-corrected chi connectivity index (χ1v) is 8.43. The number of nitrogens with two attached hydrogens (primary N) is 1. The van der Waals surface area contributed by atoms with Crippen LogP contribution in [0.5, 0.6) is 0 Å². The van der Waals surface area contributed by atoms with E-state index >= 15 is 0 Å². The van der Waals surface area contributed by atoms with Gasteiger partial charge in [0.1, 0.15) is 4.90 Å². The molecule has 3 N–H and O–H groups in total. The number of hydrogen-bond acceptors (Lipinski definition) is 5. The summed E-state index contributed by atoms with van der Waals surface area (Å²) in [6.07, 6.45) is 2.95. The molecule has 1 aromatic rings. The van der Waals surface area contributed by atoms with Crippen LogP contribution < -0.4 is 11.1 Å². The number of carbonyl (C=O) groups is 1. The minimum Gasteiger partial charge on any atom is -0.354 e. The van der Waals surface area contributed by atoms with Crippen LogP contribution in [0.3, 0.4) is 0 Å². The van der Waals surface area contributed by atoms with Crippen LogP contribution in [-0.2, 0) is 21.4 Å². The molecule has 2 fully saturated rings. The minimum atomic E-state index is -3.68. The van der Waals surface area contributed by atoms with Crippen molar-refractivity contribution in [3.63, 3.8) is 0 Å². The first-order valence-electron chi connectivity index (χ1n) is 6.99. The zero-order valence-corrected chi connectivity index (χ0v) is 12.3. The molecule has 1 amide bonds. The van der Waals surface area contributed by atoms with E-state index in [0.717, 1.165) is 6.42 Å². The first-order chi connectivity index (χ1) is 10.1. The first kappa shape index (κ1) is 14.4. The summed E-state index contributed by atoms with van der Waals surface area (Å²) >= 11 is 0. The highest BCUT2D eigenvalue weighted by Gasteiger charge is 2.46. The van der Waals surface area contributed by atoms with E-state index in [-0.39, 0.29) is 29.3 Å². The lowest BCUT2D eigenvalue weighted by atomic mass is 9.93. The molecule has 0 bridgehead atoms. The van der Waals surface area contributed by atoms with E-state index in [0.29, 0.717) is 25.2 Å². The Morgan fingerprint density at radius 1 is 1.48 bits per heavy atom. The van der Waals surface area contributed by atoms with Gasteiger partial charge in [0.15, 0.2) is 0 Å². The standard InChI is InChI=1S/C13H18N4O3S/c14-7-10-12(4-1-5-15-10)21(19,20)17-6-2-3-9-11(17)8-16-13(9)18/h1,4-5,9,11H,2-3,6-8,14H2,(H,16,18). The van der Waals surface area contributed by atoms with E-state index in [1.54, 1.807) is 6.07 Å². The fourth-order valence-corrected chi connectivity index (χ4v) is 5.03. The van der Waals surface area contributed by atoms with Crippen molar-refractivity contribution in [2.45, 2.75) is 30.3 Å². The highest BCUT2D eigenvalue weighted by molar-refractivity contribution is 7.89. The lowest BCUT2D eigenvalue weighted by molar-refractivity contribution is -0.123. The average molecular weight is 310 g/mol. The molecule has 0 radical (unpaired) electrons. The van der Waals surface area contributed by atoms with Gasteiger partial charge in [-0.15, -0.1) is 0 Å². The Hall–Kier alpha value is -1.51. The lowest BCUT2D eigenvalue weighted by Crippen LogP contribution is -2.48. The number of fused-ring (bicyclic) bond motifs is 1. The van der Waals surface area contributed by atoms with Crippen LogP contribution in [0, 0.1) is 5.92 Å². The second-order valence-corrected chi connectivity index (χ2v) is 7.19. The molecule has 1 aromatic heterocycles. The number of hydrogen-bond donors (Lipinski definition) is 2. The molecule has 0 saturated carbocycles. The summed E-state index contributed by atoms with van der Waals surface area (Å²) in [5, 5.41) is 2.76. The van der Waals surface area contributed by atoms with Crippen molar-refractivity contribution < 1.29 is 13.2 Å². The smallest absolute Gasteiger partial charge is 0.245 e. The van der Waals surface area contributed by atoms with Gasteiger partial charge >= 0.3 is 0 Å². The predicted octanol–water partition coefficient (Wildman–Crippen LogP) is -0.561. The van der Waals surface area contributed by atoms with Crippen molar-refractivity contribution in [2.75, 3.05) is 13.1 Å². The van der Waals surface area contributed by atoms with Crippen molar-refractivity contribution in [2.24, 2.45) is 11.7 Å². The number of rotatable bonds is 3. The summed E-state index contributed by atoms with van der Waals surface area (Å²) in [5.74, 6) is -0.295. The van der Waals surface area contributed by atoms with Crippen LogP contribution in [0.15, 0.2) is 23.2 Å². The number of aromatic nitrogens is 1. The fourth-order valence-electron chi connectivity index (χ4n) is 3.15. The van der Waals surface area contributed by atoms with Gasteiger partial charge < -0.3 is 11.1 Å². The second-order valence-electron chi connectivity index (χ2n) is 5.33. The fraction of sp³-hybridized carbons (Fsp3) is 0.538. The van der Waals surface area contributed by atoms with Crippen LogP contribution >= 0.6 is 0 Å². The highest BCUT2D eigenvalue weighted by atomic mass is 32.2. The van der Waals surface area contributed by atoms with E-state index in [2.05, 4.69) is 10.3 Å². The van der Waals surface area contributed by atoms with Gasteiger partial charge in [0, 0.05) is 25.8 Å². The van der Waals surface area contributed by atoms with Crippen LogP contribution in [0.4, 0.5) is 0 Å². The Kier molecular flexibility index (Phi) is 3.68. The second kappa shape index (κ2) is 5.36. The maximum absolute atomic E-state index is 12.9. The summed E-state index contributed by atoms with van der Waals surface area (Å²) in [6.45, 7) is 0.868. The van der Waals surface area contributed by atoms with Gasteiger partial charge in [-0.1, -0.05) is 0 Å². The van der Waals surface area contributed by atoms with Crippen molar-refractivity contribution in [3.05, 3.63) is 24.0 Å². The van der Waals surface area contributed by atoms with Crippen LogP contribution in [0.1, 0.15) is 18.5 Å². The maximum Gasteiger partial charge on any atom is 0.245 e. The molecule has 3 heterocycles. The van der Waals surface area contributed by atoms with Crippen LogP contribution in [0.2, 0.25) is 0 Å². The van der Waals surface area contributed by atoms with E-state index in [4.69, 9.17) is 5.73 Å². The molecule has 3 rings (SSSR count). The molecule has 8 heteroatoms. The summed E-state index contributed by atoms with van der Waals surface area (Å²) in [4.78, 5) is 16.0. The Morgan fingerprint density at radius 2 is 2.29 bits per heavy atom. The molecule has 2 aliphatic heterocycles. The maximum atomic E-state index is 12.9. The highest BCUT2D eigenvalue weighted by Crippen LogP contribution is 2.32. The van der Waals surface area contributed by atoms with Gasteiger partial charge in [-0.3, -0.25) is 9.78 Å². The third-order valence-electron chi connectivity index (χ3n) is 4.18. The van der Waals surface area contributed by atoms with Crippen LogP contribution in [-0.4, -0.2) is 42.7 Å². The third-order valence-corrected chi connectivity index (χ3v) is 6.18. The molecule has 2 atom stereocenters. The number of piperidine rings is 1. The molecule has 0 spiro atoms. The zero-order chi connectivity index (χ0) is 15.0. The molecule has 21 heavy (non-hydrogen) atoms. The number of nitrogens with zero attached hydrogens (tertiary/aromatic N) is 2. The largest absolute Gasteiger partial charge is 0.354 e.